The number of aromatic nitrogens is 2. The molecule has 0 bridgehead atoms. The molecule has 3 aromatic carbocycles. The minimum atomic E-state index is 0.0862. The third kappa shape index (κ3) is 4.25. The first-order chi connectivity index (χ1) is 14.1. The third-order valence-electron chi connectivity index (χ3n) is 4.66. The lowest BCUT2D eigenvalue weighted by molar-refractivity contribution is 0.417. The number of nitrogens with zero attached hydrogens (tertiary/aromatic N) is 2. The summed E-state index contributed by atoms with van der Waals surface area (Å²) in [5.41, 5.74) is 2.73. The summed E-state index contributed by atoms with van der Waals surface area (Å²) in [6, 6.07) is 23.7. The lowest BCUT2D eigenvalue weighted by Crippen LogP contribution is -2.10. The zero-order valence-corrected chi connectivity index (χ0v) is 16.9. The second-order valence-electron chi connectivity index (χ2n) is 6.66. The van der Waals surface area contributed by atoms with Crippen LogP contribution in [0.5, 0.6) is 5.75 Å². The highest BCUT2D eigenvalue weighted by atomic mass is 35.5. The molecular weight excluding hydrogens is 384 g/mol. The van der Waals surface area contributed by atoms with Gasteiger partial charge in [-0.2, -0.15) is 4.98 Å². The minimum Gasteiger partial charge on any atom is -0.495 e. The van der Waals surface area contributed by atoms with Gasteiger partial charge >= 0.3 is 0 Å². The maximum absolute atomic E-state index is 6.15. The van der Waals surface area contributed by atoms with E-state index in [0.717, 1.165) is 16.7 Å². The normalized spacial score (nSPS) is 11.8. The van der Waals surface area contributed by atoms with Gasteiger partial charge in [0.15, 0.2) is 0 Å². The fourth-order valence-corrected chi connectivity index (χ4v) is 3.34. The molecule has 0 aliphatic heterocycles. The van der Waals surface area contributed by atoms with Gasteiger partial charge in [0.05, 0.1) is 18.3 Å². The highest BCUT2D eigenvalue weighted by Gasteiger charge is 2.13. The van der Waals surface area contributed by atoms with Crippen LogP contribution in [0, 0.1) is 0 Å². The topological polar surface area (TPSA) is 59.1 Å². The van der Waals surface area contributed by atoms with Crippen LogP contribution < -0.4 is 15.4 Å². The number of ether oxygens (including phenoxy) is 1. The van der Waals surface area contributed by atoms with Crippen LogP contribution in [0.25, 0.3) is 10.9 Å². The molecule has 6 heteroatoms. The summed E-state index contributed by atoms with van der Waals surface area (Å²) >= 11 is 6.15. The van der Waals surface area contributed by atoms with E-state index in [9.17, 15) is 0 Å². The SMILES string of the molecule is COc1ccc(Cl)cc1Nc1nc(NC(C)c2ccccc2)c2ccccc2n1. The van der Waals surface area contributed by atoms with Crippen molar-refractivity contribution in [2.45, 2.75) is 13.0 Å². The number of benzene rings is 3. The summed E-state index contributed by atoms with van der Waals surface area (Å²) in [6.45, 7) is 2.11. The minimum absolute atomic E-state index is 0.0862. The molecule has 4 rings (SSSR count). The van der Waals surface area contributed by atoms with Crippen LogP contribution in [0.2, 0.25) is 5.02 Å². The maximum Gasteiger partial charge on any atom is 0.229 e. The van der Waals surface area contributed by atoms with Crippen LogP contribution in [0.4, 0.5) is 17.5 Å². The van der Waals surface area contributed by atoms with Crippen molar-refractivity contribution in [2.24, 2.45) is 0 Å². The number of rotatable bonds is 6. The summed E-state index contributed by atoms with van der Waals surface area (Å²) in [4.78, 5) is 9.39. The first-order valence-corrected chi connectivity index (χ1v) is 9.70. The monoisotopic (exact) mass is 404 g/mol. The number of methoxy groups -OCH3 is 1. The average molecular weight is 405 g/mol. The van der Waals surface area contributed by atoms with Gasteiger partial charge in [-0.05, 0) is 42.8 Å². The van der Waals surface area contributed by atoms with Gasteiger partial charge in [-0.15, -0.1) is 0 Å². The van der Waals surface area contributed by atoms with Gasteiger partial charge in [-0.25, -0.2) is 4.98 Å². The number of nitrogens with one attached hydrogen (secondary N) is 2. The lowest BCUT2D eigenvalue weighted by atomic mass is 10.1. The van der Waals surface area contributed by atoms with Crippen molar-refractivity contribution < 1.29 is 4.74 Å². The highest BCUT2D eigenvalue weighted by Crippen LogP contribution is 2.31. The number of halogens is 1. The van der Waals surface area contributed by atoms with Crippen LogP contribution in [0.3, 0.4) is 0 Å². The van der Waals surface area contributed by atoms with Crippen molar-refractivity contribution in [3.63, 3.8) is 0 Å². The molecule has 2 N–H and O–H groups in total. The van der Waals surface area contributed by atoms with E-state index in [2.05, 4.69) is 34.7 Å². The maximum atomic E-state index is 6.15. The quantitative estimate of drug-likeness (QED) is 0.400. The van der Waals surface area contributed by atoms with Gasteiger partial charge in [-0.1, -0.05) is 54.1 Å². The van der Waals surface area contributed by atoms with Crippen LogP contribution in [0.1, 0.15) is 18.5 Å². The Morgan fingerprint density at radius 3 is 2.48 bits per heavy atom. The molecule has 0 amide bonds. The van der Waals surface area contributed by atoms with Gasteiger partial charge in [0.1, 0.15) is 11.6 Å². The second kappa shape index (κ2) is 8.37. The molecule has 0 aliphatic carbocycles. The molecule has 0 aliphatic rings. The summed E-state index contributed by atoms with van der Waals surface area (Å²) in [5, 5.41) is 8.32. The molecule has 29 heavy (non-hydrogen) atoms. The molecule has 1 atom stereocenters. The lowest BCUT2D eigenvalue weighted by Gasteiger charge is -2.18. The Morgan fingerprint density at radius 2 is 1.69 bits per heavy atom. The molecular formula is C23H21ClN4O. The van der Waals surface area contributed by atoms with Crippen LogP contribution in [0.15, 0.2) is 72.8 Å². The Labute approximate surface area is 174 Å². The van der Waals surface area contributed by atoms with E-state index in [1.54, 1.807) is 19.2 Å². The zero-order valence-electron chi connectivity index (χ0n) is 16.2. The molecule has 4 aromatic rings. The molecule has 5 nitrogen and oxygen atoms in total. The Morgan fingerprint density at radius 1 is 0.931 bits per heavy atom. The molecule has 0 saturated carbocycles. The summed E-state index contributed by atoms with van der Waals surface area (Å²) in [7, 11) is 1.62. The van der Waals surface area contributed by atoms with E-state index >= 15 is 0 Å². The number of para-hydroxylation sites is 1. The van der Waals surface area contributed by atoms with Gasteiger partial charge in [0.25, 0.3) is 0 Å². The van der Waals surface area contributed by atoms with Gasteiger partial charge in [0, 0.05) is 16.5 Å². The number of anilines is 3. The summed E-state index contributed by atoms with van der Waals surface area (Å²) in [6.07, 6.45) is 0. The molecule has 0 fully saturated rings. The average Bonchev–Trinajstić information content (AvgIpc) is 2.74. The van der Waals surface area contributed by atoms with Gasteiger partial charge in [0.2, 0.25) is 5.95 Å². The van der Waals surface area contributed by atoms with Crippen molar-refractivity contribution >= 4 is 40.0 Å². The Bertz CT molecular complexity index is 1130. The van der Waals surface area contributed by atoms with E-state index in [1.165, 1.54) is 5.56 Å². The fraction of sp³-hybridized carbons (Fsp3) is 0.130. The highest BCUT2D eigenvalue weighted by molar-refractivity contribution is 6.31. The second-order valence-corrected chi connectivity index (χ2v) is 7.10. The number of hydrogen-bond acceptors (Lipinski definition) is 5. The van der Waals surface area contributed by atoms with Crippen molar-refractivity contribution in [3.8, 4) is 5.75 Å². The number of hydrogen-bond donors (Lipinski definition) is 2. The molecule has 1 aromatic heterocycles. The van der Waals surface area contributed by atoms with Crippen LogP contribution in [-0.4, -0.2) is 17.1 Å². The van der Waals surface area contributed by atoms with Crippen LogP contribution in [-0.2, 0) is 0 Å². The smallest absolute Gasteiger partial charge is 0.229 e. The first-order valence-electron chi connectivity index (χ1n) is 9.33. The van der Waals surface area contributed by atoms with Gasteiger partial charge in [-0.3, -0.25) is 0 Å². The summed E-state index contributed by atoms with van der Waals surface area (Å²) < 4.78 is 5.42. The Kier molecular flexibility index (Phi) is 5.49. The van der Waals surface area contributed by atoms with Crippen molar-refractivity contribution in [1.29, 1.82) is 0 Å². The number of fused-ring (bicyclic) bond motifs is 1. The Balaban J connectivity index is 1.72. The molecule has 0 radical (unpaired) electrons. The summed E-state index contributed by atoms with van der Waals surface area (Å²) in [5.74, 6) is 1.89. The predicted molar refractivity (Wildman–Crippen MR) is 119 cm³/mol. The van der Waals surface area contributed by atoms with E-state index in [1.807, 2.05) is 48.5 Å². The van der Waals surface area contributed by atoms with Crippen molar-refractivity contribution in [1.82, 2.24) is 9.97 Å². The van der Waals surface area contributed by atoms with Crippen LogP contribution >= 0.6 is 11.6 Å². The van der Waals surface area contributed by atoms with Crippen molar-refractivity contribution in [2.75, 3.05) is 17.7 Å². The standard InChI is InChI=1S/C23H21ClN4O/c1-15(16-8-4-3-5-9-16)25-22-18-10-6-7-11-19(18)26-23(28-22)27-20-14-17(24)12-13-21(20)29-2/h3-15H,1-2H3,(H2,25,26,27,28). The van der Waals surface area contributed by atoms with E-state index < -0.39 is 0 Å². The molecule has 146 valence electrons. The Hall–Kier alpha value is -3.31. The molecule has 0 spiro atoms. The largest absolute Gasteiger partial charge is 0.495 e. The van der Waals surface area contributed by atoms with E-state index in [-0.39, 0.29) is 6.04 Å². The van der Waals surface area contributed by atoms with Crippen molar-refractivity contribution in [3.05, 3.63) is 83.4 Å². The first kappa shape index (κ1) is 19.0. The fourth-order valence-electron chi connectivity index (χ4n) is 3.17. The molecule has 1 heterocycles. The molecule has 0 saturated heterocycles. The van der Waals surface area contributed by atoms with E-state index in [0.29, 0.717) is 22.4 Å². The molecule has 1 unspecified atom stereocenters. The van der Waals surface area contributed by atoms with Gasteiger partial charge < -0.3 is 15.4 Å². The zero-order chi connectivity index (χ0) is 20.2. The third-order valence-corrected chi connectivity index (χ3v) is 4.90. The predicted octanol–water partition coefficient (Wildman–Crippen LogP) is 6.21. The van der Waals surface area contributed by atoms with E-state index in [4.69, 9.17) is 21.3 Å².